The second-order valence-corrected chi connectivity index (χ2v) is 2.17. The number of carbonyl (C=O) groups is 1. The fourth-order valence-corrected chi connectivity index (χ4v) is 0.959. The molecule has 0 aromatic carbocycles. The van der Waals surface area contributed by atoms with Gasteiger partial charge in [0, 0.05) is 6.42 Å². The van der Waals surface area contributed by atoms with Crippen molar-refractivity contribution in [3.63, 3.8) is 0 Å². The Hall–Kier alpha value is -0.630. The molecule has 0 bridgehead atoms. The number of hydrogen-bond donors (Lipinski definition) is 0. The first-order valence-electron chi connectivity index (χ1n) is 2.73. The van der Waals surface area contributed by atoms with Crippen LogP contribution in [-0.2, 0) is 9.53 Å². The van der Waals surface area contributed by atoms with Crippen LogP contribution in [-0.4, -0.2) is 18.0 Å². The summed E-state index contributed by atoms with van der Waals surface area (Å²) in [4.78, 5) is 10.5. The van der Waals surface area contributed by atoms with Crippen molar-refractivity contribution in [2.75, 3.05) is 0 Å². The van der Waals surface area contributed by atoms with Gasteiger partial charge in [0.05, 0.1) is 6.10 Å². The van der Waals surface area contributed by atoms with Crippen molar-refractivity contribution in [2.24, 2.45) is 0 Å². The summed E-state index contributed by atoms with van der Waals surface area (Å²) < 4.78 is 5.04. The highest BCUT2D eigenvalue weighted by atomic mass is 16.6. The number of hydrogen-bond acceptors (Lipinski definition) is 2. The number of rotatable bonds is 0. The average molecular weight is 110 g/mol. The lowest BCUT2D eigenvalue weighted by Gasteiger charge is -1.91. The van der Waals surface area contributed by atoms with Crippen molar-refractivity contribution in [3.8, 4) is 0 Å². The van der Waals surface area contributed by atoms with Crippen LogP contribution in [0.5, 0.6) is 0 Å². The topological polar surface area (TPSA) is 29.6 Å². The summed E-state index contributed by atoms with van der Waals surface area (Å²) in [5.74, 6) is 0.198. The predicted octanol–water partition coefficient (Wildman–Crippen LogP) is 0.283. The molecular formula is C6H6O2. The predicted molar refractivity (Wildman–Crippen MR) is 27.4 cm³/mol. The van der Waals surface area contributed by atoms with Crippen LogP contribution in [0.15, 0.2) is 12.2 Å². The second kappa shape index (κ2) is 1.20. The zero-order chi connectivity index (χ0) is 5.56. The lowest BCUT2D eigenvalue weighted by atomic mass is 10.1. The largest absolute Gasteiger partial charge is 0.365 e. The van der Waals surface area contributed by atoms with Crippen molar-refractivity contribution in [2.45, 2.75) is 18.6 Å². The third kappa shape index (κ3) is 0.497. The highest BCUT2D eigenvalue weighted by molar-refractivity contribution is 5.91. The molecule has 0 saturated carbocycles. The van der Waals surface area contributed by atoms with Gasteiger partial charge in [-0.05, 0) is 12.2 Å². The molecule has 0 aromatic heterocycles. The highest BCUT2D eigenvalue weighted by Crippen LogP contribution is 2.29. The van der Waals surface area contributed by atoms with Crippen LogP contribution in [0.2, 0.25) is 0 Å². The van der Waals surface area contributed by atoms with Gasteiger partial charge in [0.25, 0.3) is 0 Å². The molecule has 1 aliphatic carbocycles. The van der Waals surface area contributed by atoms with E-state index in [1.165, 1.54) is 0 Å². The van der Waals surface area contributed by atoms with E-state index in [9.17, 15) is 4.79 Å². The van der Waals surface area contributed by atoms with E-state index in [0.29, 0.717) is 6.42 Å². The molecule has 2 unspecified atom stereocenters. The van der Waals surface area contributed by atoms with Crippen LogP contribution in [0, 0.1) is 0 Å². The first kappa shape index (κ1) is 4.27. The molecule has 1 aliphatic heterocycles. The van der Waals surface area contributed by atoms with Crippen molar-refractivity contribution < 1.29 is 9.53 Å². The normalized spacial score (nSPS) is 41.8. The van der Waals surface area contributed by atoms with Crippen LogP contribution in [0.1, 0.15) is 6.42 Å². The number of epoxide rings is 1. The lowest BCUT2D eigenvalue weighted by Crippen LogP contribution is -2.05. The van der Waals surface area contributed by atoms with Crippen molar-refractivity contribution in [3.05, 3.63) is 12.2 Å². The van der Waals surface area contributed by atoms with Gasteiger partial charge < -0.3 is 4.74 Å². The van der Waals surface area contributed by atoms with Crippen LogP contribution < -0.4 is 0 Å². The van der Waals surface area contributed by atoms with E-state index < -0.39 is 0 Å². The highest BCUT2D eigenvalue weighted by Gasteiger charge is 2.40. The summed E-state index contributed by atoms with van der Waals surface area (Å²) in [6, 6.07) is 0. The Morgan fingerprint density at radius 2 is 2.62 bits per heavy atom. The molecular weight excluding hydrogens is 104 g/mol. The molecule has 42 valence electrons. The first-order valence-corrected chi connectivity index (χ1v) is 2.73. The number of fused-ring (bicyclic) bond motifs is 1. The van der Waals surface area contributed by atoms with Crippen LogP contribution in [0.4, 0.5) is 0 Å². The molecule has 1 fully saturated rings. The molecule has 1 heterocycles. The van der Waals surface area contributed by atoms with E-state index in [1.807, 2.05) is 6.08 Å². The number of carbonyl (C=O) groups excluding carboxylic acids is 1. The van der Waals surface area contributed by atoms with Crippen molar-refractivity contribution in [1.29, 1.82) is 0 Å². The summed E-state index contributed by atoms with van der Waals surface area (Å²) in [6.07, 6.45) is 4.56. The van der Waals surface area contributed by atoms with Crippen LogP contribution >= 0.6 is 0 Å². The van der Waals surface area contributed by atoms with Gasteiger partial charge >= 0.3 is 0 Å². The van der Waals surface area contributed by atoms with Crippen LogP contribution in [0.3, 0.4) is 0 Å². The van der Waals surface area contributed by atoms with Gasteiger partial charge in [-0.2, -0.15) is 0 Å². The van der Waals surface area contributed by atoms with E-state index in [-0.39, 0.29) is 18.0 Å². The Labute approximate surface area is 47.1 Å². The summed E-state index contributed by atoms with van der Waals surface area (Å²) >= 11 is 0. The molecule has 0 N–H and O–H groups in total. The number of ketones is 1. The smallest absolute Gasteiger partial charge is 0.158 e. The zero-order valence-electron chi connectivity index (χ0n) is 4.33. The maximum Gasteiger partial charge on any atom is 0.158 e. The minimum atomic E-state index is 0.198. The number of allylic oxidation sites excluding steroid dienone is 1. The molecule has 1 saturated heterocycles. The minimum absolute atomic E-state index is 0.198. The van der Waals surface area contributed by atoms with Gasteiger partial charge in [0.2, 0.25) is 0 Å². The third-order valence-electron chi connectivity index (χ3n) is 1.50. The van der Waals surface area contributed by atoms with Crippen molar-refractivity contribution >= 4 is 5.78 Å². The fourth-order valence-electron chi connectivity index (χ4n) is 0.959. The van der Waals surface area contributed by atoms with Crippen molar-refractivity contribution in [1.82, 2.24) is 0 Å². The molecule has 0 spiro atoms. The zero-order valence-corrected chi connectivity index (χ0v) is 4.33. The van der Waals surface area contributed by atoms with Gasteiger partial charge in [-0.25, -0.2) is 0 Å². The maximum atomic E-state index is 10.5. The van der Waals surface area contributed by atoms with Gasteiger partial charge in [0.1, 0.15) is 6.10 Å². The van der Waals surface area contributed by atoms with Gasteiger partial charge in [-0.1, -0.05) is 0 Å². The number of ether oxygens (including phenoxy) is 1. The van der Waals surface area contributed by atoms with Gasteiger partial charge in [0.15, 0.2) is 5.78 Å². The summed E-state index contributed by atoms with van der Waals surface area (Å²) in [7, 11) is 0. The van der Waals surface area contributed by atoms with E-state index in [0.717, 1.165) is 0 Å². The average Bonchev–Trinajstić information content (AvgIpc) is 2.43. The van der Waals surface area contributed by atoms with E-state index >= 15 is 0 Å². The Balaban J connectivity index is 2.21. The molecule has 0 amide bonds. The fraction of sp³-hybridized carbons (Fsp3) is 0.500. The minimum Gasteiger partial charge on any atom is -0.365 e. The molecule has 0 radical (unpaired) electrons. The quantitative estimate of drug-likeness (QED) is 0.419. The SMILES string of the molecule is O=C1C=CC2OC2C1. The molecule has 8 heavy (non-hydrogen) atoms. The Kier molecular flexibility index (Phi) is 0.641. The van der Waals surface area contributed by atoms with Gasteiger partial charge in [-0.3, -0.25) is 4.79 Å². The lowest BCUT2D eigenvalue weighted by molar-refractivity contribution is -0.115. The maximum absolute atomic E-state index is 10.5. The molecule has 2 nitrogen and oxygen atoms in total. The first-order chi connectivity index (χ1) is 3.86. The molecule has 0 aromatic rings. The monoisotopic (exact) mass is 110 g/mol. The molecule has 2 heteroatoms. The molecule has 2 aliphatic rings. The van der Waals surface area contributed by atoms with E-state index in [4.69, 9.17) is 4.74 Å². The summed E-state index contributed by atoms with van der Waals surface area (Å²) in [6.45, 7) is 0. The third-order valence-corrected chi connectivity index (χ3v) is 1.50. The Morgan fingerprint density at radius 1 is 1.75 bits per heavy atom. The Morgan fingerprint density at radius 3 is 3.25 bits per heavy atom. The van der Waals surface area contributed by atoms with Crippen LogP contribution in [0.25, 0.3) is 0 Å². The second-order valence-electron chi connectivity index (χ2n) is 2.17. The standard InChI is InChI=1S/C6H6O2/c7-4-1-2-5-6(3-4)8-5/h1-2,5-6H,3H2. The Bertz CT molecular complexity index is 160. The van der Waals surface area contributed by atoms with Gasteiger partial charge in [-0.15, -0.1) is 0 Å². The van der Waals surface area contributed by atoms with E-state index in [2.05, 4.69) is 0 Å². The van der Waals surface area contributed by atoms with E-state index in [1.54, 1.807) is 6.08 Å². The summed E-state index contributed by atoms with van der Waals surface area (Å²) in [5.41, 5.74) is 0. The summed E-state index contributed by atoms with van der Waals surface area (Å²) in [5, 5.41) is 0. The molecule has 2 rings (SSSR count). The molecule has 2 atom stereocenters.